The number of rotatable bonds is 4. The number of hydrazone groups is 1. The highest BCUT2D eigenvalue weighted by molar-refractivity contribution is 5.80. The van der Waals surface area contributed by atoms with Crippen LogP contribution in [0.3, 0.4) is 0 Å². The highest BCUT2D eigenvalue weighted by Crippen LogP contribution is 2.20. The normalized spacial score (nSPS) is 10.9. The zero-order chi connectivity index (χ0) is 14.5. The predicted molar refractivity (Wildman–Crippen MR) is 81.8 cm³/mol. The van der Waals surface area contributed by atoms with Crippen LogP contribution in [0.5, 0.6) is 0 Å². The molecule has 0 amide bonds. The molecule has 0 aliphatic heterocycles. The van der Waals surface area contributed by atoms with Crippen LogP contribution in [0.2, 0.25) is 0 Å². The minimum absolute atomic E-state index is 0.489. The molecule has 0 atom stereocenters. The number of hydrogen-bond donors (Lipinski definition) is 2. The van der Waals surface area contributed by atoms with E-state index in [1.54, 1.807) is 24.7 Å². The van der Waals surface area contributed by atoms with E-state index in [1.165, 1.54) is 6.39 Å². The average Bonchev–Trinajstić information content (AvgIpc) is 3.04. The summed E-state index contributed by atoms with van der Waals surface area (Å²) in [4.78, 5) is 7.88. The average molecular weight is 279 g/mol. The summed E-state index contributed by atoms with van der Waals surface area (Å²) in [6.45, 7) is 0. The molecule has 2 aromatic heterocycles. The Morgan fingerprint density at radius 2 is 1.95 bits per heavy atom. The highest BCUT2D eigenvalue weighted by atomic mass is 16.3. The topological polar surface area (TPSA) is 89.3 Å². The molecule has 3 aromatic rings. The number of oxazole rings is 1. The van der Waals surface area contributed by atoms with Crippen molar-refractivity contribution in [2.45, 2.75) is 0 Å². The van der Waals surface area contributed by atoms with Gasteiger partial charge in [0.2, 0.25) is 0 Å². The lowest BCUT2D eigenvalue weighted by Crippen LogP contribution is -1.93. The van der Waals surface area contributed by atoms with Crippen LogP contribution in [0.4, 0.5) is 11.5 Å². The van der Waals surface area contributed by atoms with Gasteiger partial charge < -0.3 is 10.2 Å². The van der Waals surface area contributed by atoms with Crippen LogP contribution < -0.4 is 11.2 Å². The van der Waals surface area contributed by atoms with E-state index in [-0.39, 0.29) is 0 Å². The van der Waals surface area contributed by atoms with Crippen LogP contribution in [0.15, 0.2) is 64.7 Å². The molecule has 0 aliphatic rings. The quantitative estimate of drug-likeness (QED) is 0.566. The minimum atomic E-state index is 0.489. The fraction of sp³-hybridized carbons (Fsp3) is 0. The van der Waals surface area contributed by atoms with Crippen molar-refractivity contribution in [3.05, 3.63) is 60.7 Å². The molecule has 0 fully saturated rings. The lowest BCUT2D eigenvalue weighted by molar-refractivity contribution is 0.572. The third-order valence-corrected chi connectivity index (χ3v) is 2.82. The van der Waals surface area contributed by atoms with Gasteiger partial charge in [-0.15, -0.1) is 0 Å². The molecule has 0 saturated heterocycles. The third-order valence-electron chi connectivity index (χ3n) is 2.82. The molecule has 0 bridgehead atoms. The molecule has 1 aromatic carbocycles. The van der Waals surface area contributed by atoms with Gasteiger partial charge in [0.1, 0.15) is 5.82 Å². The summed E-state index contributed by atoms with van der Waals surface area (Å²) >= 11 is 0. The SMILES string of the molecule is Nc1ccc(/C=N/Nc2ccc(-c3cnco3)cc2)cn1. The first-order valence-electron chi connectivity index (χ1n) is 6.31. The van der Waals surface area contributed by atoms with Crippen LogP contribution in [0.25, 0.3) is 11.3 Å². The zero-order valence-corrected chi connectivity index (χ0v) is 11.1. The Morgan fingerprint density at radius 3 is 2.62 bits per heavy atom. The number of aromatic nitrogens is 2. The fourth-order valence-corrected chi connectivity index (χ4v) is 1.74. The molecule has 0 unspecified atom stereocenters. The monoisotopic (exact) mass is 279 g/mol. The van der Waals surface area contributed by atoms with Crippen LogP contribution in [-0.4, -0.2) is 16.2 Å². The second-order valence-corrected chi connectivity index (χ2v) is 4.33. The van der Waals surface area contributed by atoms with Gasteiger partial charge >= 0.3 is 0 Å². The molecule has 0 aliphatic carbocycles. The van der Waals surface area contributed by atoms with Gasteiger partial charge in [0, 0.05) is 17.3 Å². The van der Waals surface area contributed by atoms with Crippen molar-refractivity contribution in [2.75, 3.05) is 11.2 Å². The van der Waals surface area contributed by atoms with Crippen LogP contribution in [0.1, 0.15) is 5.56 Å². The molecule has 21 heavy (non-hydrogen) atoms. The van der Waals surface area contributed by atoms with E-state index >= 15 is 0 Å². The van der Waals surface area contributed by atoms with E-state index in [0.29, 0.717) is 5.82 Å². The van der Waals surface area contributed by atoms with Gasteiger partial charge in [-0.25, -0.2) is 9.97 Å². The maximum Gasteiger partial charge on any atom is 0.181 e. The Bertz CT molecular complexity index is 718. The Kier molecular flexibility index (Phi) is 3.60. The number of nitrogens with two attached hydrogens (primary N) is 1. The summed E-state index contributed by atoms with van der Waals surface area (Å²) in [5.74, 6) is 1.22. The molecule has 0 saturated carbocycles. The molecule has 6 heteroatoms. The van der Waals surface area contributed by atoms with Crippen molar-refractivity contribution in [1.29, 1.82) is 0 Å². The molecule has 3 rings (SSSR count). The van der Waals surface area contributed by atoms with Gasteiger partial charge in [-0.1, -0.05) is 0 Å². The molecule has 104 valence electrons. The van der Waals surface area contributed by atoms with Gasteiger partial charge in [-0.3, -0.25) is 5.43 Å². The molecule has 2 heterocycles. The lowest BCUT2D eigenvalue weighted by Gasteiger charge is -2.01. The molecule has 0 radical (unpaired) electrons. The van der Waals surface area contributed by atoms with Gasteiger partial charge in [-0.05, 0) is 36.4 Å². The second kappa shape index (κ2) is 5.87. The first-order valence-corrected chi connectivity index (χ1v) is 6.31. The van der Waals surface area contributed by atoms with E-state index < -0.39 is 0 Å². The van der Waals surface area contributed by atoms with Crippen molar-refractivity contribution < 1.29 is 4.42 Å². The van der Waals surface area contributed by atoms with E-state index in [1.807, 2.05) is 30.3 Å². The van der Waals surface area contributed by atoms with Crippen LogP contribution in [-0.2, 0) is 0 Å². The number of benzene rings is 1. The van der Waals surface area contributed by atoms with E-state index in [2.05, 4.69) is 20.5 Å². The van der Waals surface area contributed by atoms with Crippen LogP contribution in [0, 0.1) is 0 Å². The predicted octanol–water partition coefficient (Wildman–Crippen LogP) is 2.76. The number of nitrogens with zero attached hydrogens (tertiary/aromatic N) is 3. The molecule has 3 N–H and O–H groups in total. The number of hydrogen-bond acceptors (Lipinski definition) is 6. The smallest absolute Gasteiger partial charge is 0.181 e. The van der Waals surface area contributed by atoms with E-state index in [0.717, 1.165) is 22.6 Å². The van der Waals surface area contributed by atoms with Gasteiger partial charge in [0.25, 0.3) is 0 Å². The summed E-state index contributed by atoms with van der Waals surface area (Å²) in [5.41, 5.74) is 11.2. The van der Waals surface area contributed by atoms with Crippen molar-refractivity contribution in [2.24, 2.45) is 5.10 Å². The lowest BCUT2D eigenvalue weighted by atomic mass is 10.2. The molecular formula is C15H13N5O. The second-order valence-electron chi connectivity index (χ2n) is 4.33. The van der Waals surface area contributed by atoms with Crippen molar-refractivity contribution in [1.82, 2.24) is 9.97 Å². The standard InChI is InChI=1S/C15H13N5O/c16-15-6-1-11(7-18-15)8-19-20-13-4-2-12(3-5-13)14-9-17-10-21-14/h1-10,20H,(H2,16,18)/b19-8+. The summed E-state index contributed by atoms with van der Waals surface area (Å²) in [5, 5.41) is 4.14. The maximum atomic E-state index is 5.52. The van der Waals surface area contributed by atoms with Crippen molar-refractivity contribution in [3.63, 3.8) is 0 Å². The third kappa shape index (κ3) is 3.24. The number of pyridine rings is 1. The van der Waals surface area contributed by atoms with Gasteiger partial charge in [0.15, 0.2) is 12.2 Å². The zero-order valence-electron chi connectivity index (χ0n) is 11.1. The highest BCUT2D eigenvalue weighted by Gasteiger charge is 2.00. The summed E-state index contributed by atoms with van der Waals surface area (Å²) < 4.78 is 5.23. The maximum absolute atomic E-state index is 5.52. The Balaban J connectivity index is 1.64. The largest absolute Gasteiger partial charge is 0.444 e. The minimum Gasteiger partial charge on any atom is -0.444 e. The van der Waals surface area contributed by atoms with Crippen molar-refractivity contribution >= 4 is 17.7 Å². The Hall–Kier alpha value is -3.15. The molecule has 0 spiro atoms. The summed E-state index contributed by atoms with van der Waals surface area (Å²) in [6, 6.07) is 11.3. The molecular weight excluding hydrogens is 266 g/mol. The number of anilines is 2. The number of nitrogen functional groups attached to an aromatic ring is 1. The number of nitrogens with one attached hydrogen (secondary N) is 1. The van der Waals surface area contributed by atoms with Gasteiger partial charge in [0.05, 0.1) is 18.1 Å². The van der Waals surface area contributed by atoms with E-state index in [9.17, 15) is 0 Å². The van der Waals surface area contributed by atoms with E-state index in [4.69, 9.17) is 10.2 Å². The van der Waals surface area contributed by atoms with Crippen LogP contribution >= 0.6 is 0 Å². The molecule has 6 nitrogen and oxygen atoms in total. The first kappa shape index (κ1) is 12.9. The Morgan fingerprint density at radius 1 is 1.10 bits per heavy atom. The summed E-state index contributed by atoms with van der Waals surface area (Å²) in [6.07, 6.45) is 6.42. The summed E-state index contributed by atoms with van der Waals surface area (Å²) in [7, 11) is 0. The first-order chi connectivity index (χ1) is 10.3. The fourth-order valence-electron chi connectivity index (χ4n) is 1.74. The van der Waals surface area contributed by atoms with Gasteiger partial charge in [-0.2, -0.15) is 5.10 Å². The van der Waals surface area contributed by atoms with Crippen molar-refractivity contribution in [3.8, 4) is 11.3 Å². The Labute approximate surface area is 121 Å².